The van der Waals surface area contributed by atoms with E-state index in [1.54, 1.807) is 18.2 Å². The summed E-state index contributed by atoms with van der Waals surface area (Å²) in [6, 6.07) is 20.4. The van der Waals surface area contributed by atoms with Crippen LogP contribution in [-0.2, 0) is 10.0 Å². The normalized spacial score (nSPS) is 15.2. The minimum atomic E-state index is -3.66. The van der Waals surface area contributed by atoms with E-state index in [1.807, 2.05) is 48.5 Å². The number of benzene rings is 3. The van der Waals surface area contributed by atoms with E-state index < -0.39 is 10.0 Å². The molecule has 4 nitrogen and oxygen atoms in total. The summed E-state index contributed by atoms with van der Waals surface area (Å²) in [5.41, 5.74) is 1.69. The Morgan fingerprint density at radius 3 is 2.12 bits per heavy atom. The van der Waals surface area contributed by atoms with Gasteiger partial charge in [-0.25, -0.2) is 8.42 Å². The Labute approximate surface area is 154 Å². The minimum Gasteiger partial charge on any atom is -0.371 e. The number of hydrogen-bond donors (Lipinski definition) is 1. The van der Waals surface area contributed by atoms with Crippen molar-refractivity contribution >= 4 is 32.2 Å². The van der Waals surface area contributed by atoms with E-state index in [2.05, 4.69) is 9.62 Å². The molecule has 0 unspecified atom stereocenters. The van der Waals surface area contributed by atoms with Gasteiger partial charge in [-0.2, -0.15) is 0 Å². The van der Waals surface area contributed by atoms with Crippen LogP contribution in [0.25, 0.3) is 10.8 Å². The Hall–Kier alpha value is -2.53. The highest BCUT2D eigenvalue weighted by atomic mass is 32.2. The van der Waals surface area contributed by atoms with E-state index in [-0.39, 0.29) is 0 Å². The van der Waals surface area contributed by atoms with Gasteiger partial charge in [0.15, 0.2) is 0 Å². The van der Waals surface area contributed by atoms with Crippen molar-refractivity contribution < 1.29 is 8.42 Å². The van der Waals surface area contributed by atoms with E-state index >= 15 is 0 Å². The molecule has 0 saturated carbocycles. The summed E-state index contributed by atoms with van der Waals surface area (Å²) in [4.78, 5) is 2.69. The van der Waals surface area contributed by atoms with Gasteiger partial charge in [0.25, 0.3) is 10.0 Å². The lowest BCUT2D eigenvalue weighted by atomic mass is 10.1. The lowest BCUT2D eigenvalue weighted by Gasteiger charge is -2.30. The predicted octanol–water partition coefficient (Wildman–Crippen LogP) is 4.63. The molecule has 0 atom stereocenters. The Morgan fingerprint density at radius 2 is 1.38 bits per heavy atom. The van der Waals surface area contributed by atoms with Crippen molar-refractivity contribution in [2.45, 2.75) is 24.2 Å². The molecule has 0 aliphatic carbocycles. The maximum absolute atomic E-state index is 13.0. The number of nitrogens with zero attached hydrogens (tertiary/aromatic N) is 1. The Kier molecular flexibility index (Phi) is 4.55. The molecular formula is C21H22N2O2S. The molecule has 1 fully saturated rings. The van der Waals surface area contributed by atoms with Gasteiger partial charge >= 0.3 is 0 Å². The number of anilines is 2. The molecule has 26 heavy (non-hydrogen) atoms. The van der Waals surface area contributed by atoms with Crippen LogP contribution in [0, 0.1) is 0 Å². The van der Waals surface area contributed by atoms with Gasteiger partial charge in [0.1, 0.15) is 0 Å². The summed E-state index contributed by atoms with van der Waals surface area (Å²) < 4.78 is 28.6. The van der Waals surface area contributed by atoms with Crippen molar-refractivity contribution in [2.24, 2.45) is 0 Å². The number of hydrogen-bond acceptors (Lipinski definition) is 3. The van der Waals surface area contributed by atoms with Crippen LogP contribution in [0.3, 0.4) is 0 Å². The molecule has 4 rings (SSSR count). The highest BCUT2D eigenvalue weighted by Crippen LogP contribution is 2.33. The first-order chi connectivity index (χ1) is 12.6. The Balaban J connectivity index is 1.79. The van der Waals surface area contributed by atoms with E-state index in [1.165, 1.54) is 19.3 Å². The van der Waals surface area contributed by atoms with Crippen molar-refractivity contribution in [3.63, 3.8) is 0 Å². The summed E-state index contributed by atoms with van der Waals surface area (Å²) in [7, 11) is -3.66. The lowest BCUT2D eigenvalue weighted by Crippen LogP contribution is -2.29. The third-order valence-electron chi connectivity index (χ3n) is 4.87. The van der Waals surface area contributed by atoms with Gasteiger partial charge in [0, 0.05) is 35.2 Å². The second kappa shape index (κ2) is 7.00. The molecule has 134 valence electrons. The molecule has 1 aliphatic rings. The number of fused-ring (bicyclic) bond motifs is 1. The average Bonchev–Trinajstić information content (AvgIpc) is 2.68. The highest BCUT2D eigenvalue weighted by molar-refractivity contribution is 7.93. The molecule has 1 N–H and O–H groups in total. The molecule has 0 amide bonds. The highest BCUT2D eigenvalue weighted by Gasteiger charge is 2.21. The molecular weight excluding hydrogens is 344 g/mol. The zero-order valence-electron chi connectivity index (χ0n) is 14.6. The Morgan fingerprint density at radius 1 is 0.731 bits per heavy atom. The first kappa shape index (κ1) is 16.9. The molecule has 0 radical (unpaired) electrons. The summed E-state index contributed by atoms with van der Waals surface area (Å²) >= 11 is 0. The Bertz CT molecular complexity index is 1010. The van der Waals surface area contributed by atoms with Crippen LogP contribution < -0.4 is 9.62 Å². The van der Waals surface area contributed by atoms with Crippen LogP contribution in [0.4, 0.5) is 11.4 Å². The van der Waals surface area contributed by atoms with Crippen molar-refractivity contribution in [1.82, 2.24) is 0 Å². The van der Waals surface area contributed by atoms with Crippen molar-refractivity contribution in [2.75, 3.05) is 22.7 Å². The van der Waals surface area contributed by atoms with E-state index in [0.717, 1.165) is 29.5 Å². The first-order valence-electron chi connectivity index (χ1n) is 9.00. The molecule has 1 saturated heterocycles. The van der Waals surface area contributed by atoms with Crippen molar-refractivity contribution in [3.05, 3.63) is 66.7 Å². The monoisotopic (exact) mass is 366 g/mol. The lowest BCUT2D eigenvalue weighted by molar-refractivity contribution is 0.579. The molecule has 3 aromatic carbocycles. The largest absolute Gasteiger partial charge is 0.371 e. The minimum absolute atomic E-state index is 0.317. The fraction of sp³-hybridized carbons (Fsp3) is 0.238. The van der Waals surface area contributed by atoms with Gasteiger partial charge in [-0.3, -0.25) is 4.72 Å². The summed E-state index contributed by atoms with van der Waals surface area (Å²) in [5, 5.41) is 1.75. The van der Waals surface area contributed by atoms with Gasteiger partial charge in [-0.1, -0.05) is 42.5 Å². The van der Waals surface area contributed by atoms with Gasteiger partial charge in [-0.05, 0) is 43.5 Å². The molecule has 1 aliphatic heterocycles. The van der Waals surface area contributed by atoms with Crippen LogP contribution in [0.15, 0.2) is 71.6 Å². The maximum Gasteiger partial charge on any atom is 0.262 e. The fourth-order valence-corrected chi connectivity index (χ4v) is 4.89. The molecule has 0 bridgehead atoms. The zero-order valence-corrected chi connectivity index (χ0v) is 15.4. The molecule has 5 heteroatoms. The van der Waals surface area contributed by atoms with E-state index in [4.69, 9.17) is 0 Å². The van der Waals surface area contributed by atoms with Crippen molar-refractivity contribution in [1.29, 1.82) is 0 Å². The summed E-state index contributed by atoms with van der Waals surface area (Å²) in [6.07, 6.45) is 3.63. The molecule has 3 aromatic rings. The molecule has 1 heterocycles. The smallest absolute Gasteiger partial charge is 0.262 e. The van der Waals surface area contributed by atoms with Crippen LogP contribution >= 0.6 is 0 Å². The van der Waals surface area contributed by atoms with E-state index in [0.29, 0.717) is 10.6 Å². The third-order valence-corrected chi connectivity index (χ3v) is 6.31. The van der Waals surface area contributed by atoms with Crippen LogP contribution in [0.5, 0.6) is 0 Å². The summed E-state index contributed by atoms with van der Waals surface area (Å²) in [5.74, 6) is 0. The number of sulfonamides is 1. The zero-order chi connectivity index (χ0) is 18.0. The number of para-hydroxylation sites is 1. The topological polar surface area (TPSA) is 49.4 Å². The van der Waals surface area contributed by atoms with E-state index in [9.17, 15) is 8.42 Å². The number of nitrogens with one attached hydrogen (secondary N) is 1. The standard InChI is InChI=1S/C21H22N2O2S/c24-26(25,22-17-9-3-1-4-10-17)21-14-13-20(23-15-7-2-8-16-23)18-11-5-6-12-19(18)21/h1,3-6,9-14,22H,2,7-8,15-16H2. The van der Waals surface area contributed by atoms with Gasteiger partial charge in [0.05, 0.1) is 4.90 Å². The van der Waals surface area contributed by atoms with Gasteiger partial charge < -0.3 is 4.90 Å². The third kappa shape index (κ3) is 3.27. The number of piperidine rings is 1. The molecule has 0 aromatic heterocycles. The van der Waals surface area contributed by atoms with Crippen LogP contribution in [0.2, 0.25) is 0 Å². The van der Waals surface area contributed by atoms with Crippen molar-refractivity contribution in [3.8, 4) is 0 Å². The van der Waals surface area contributed by atoms with Crippen LogP contribution in [0.1, 0.15) is 19.3 Å². The number of rotatable bonds is 4. The maximum atomic E-state index is 13.0. The second-order valence-corrected chi connectivity index (χ2v) is 8.30. The quantitative estimate of drug-likeness (QED) is 0.732. The SMILES string of the molecule is O=S(=O)(Nc1ccccc1)c1ccc(N2CCCCC2)c2ccccc12. The first-order valence-corrected chi connectivity index (χ1v) is 10.5. The fourth-order valence-electron chi connectivity index (χ4n) is 3.62. The predicted molar refractivity (Wildman–Crippen MR) is 107 cm³/mol. The average molecular weight is 366 g/mol. The van der Waals surface area contributed by atoms with Gasteiger partial charge in [0.2, 0.25) is 0 Å². The summed E-state index contributed by atoms with van der Waals surface area (Å²) in [6.45, 7) is 2.05. The molecule has 0 spiro atoms. The second-order valence-electron chi connectivity index (χ2n) is 6.65. The van der Waals surface area contributed by atoms with Crippen LogP contribution in [-0.4, -0.2) is 21.5 Å². The van der Waals surface area contributed by atoms with Gasteiger partial charge in [-0.15, -0.1) is 0 Å².